The van der Waals surface area contributed by atoms with E-state index in [1.54, 1.807) is 0 Å². The van der Waals surface area contributed by atoms with Gasteiger partial charge < -0.3 is 35.3 Å². The maximum atomic E-state index is 12.0. The molecule has 0 saturated heterocycles. The molecule has 4 N–H and O–H groups in total. The Labute approximate surface area is 188 Å². The molecule has 1 rings (SSSR count). The molecule has 31 heavy (non-hydrogen) atoms. The number of hydrogen-bond donors (Lipinski definition) is 3. The molecule has 0 aromatic heterocycles. The molecule has 1 aromatic rings. The monoisotopic (exact) mass is 457 g/mol. The van der Waals surface area contributed by atoms with Gasteiger partial charge in [-0.3, -0.25) is 9.59 Å². The summed E-state index contributed by atoms with van der Waals surface area (Å²) in [5, 5.41) is 5.37. The number of ether oxygens (including phenoxy) is 4. The summed E-state index contributed by atoms with van der Waals surface area (Å²) in [6, 6.07) is 7.51. The van der Waals surface area contributed by atoms with Crippen molar-refractivity contribution in [2.75, 3.05) is 59.0 Å². The van der Waals surface area contributed by atoms with Gasteiger partial charge in [-0.05, 0) is 24.0 Å². The topological polar surface area (TPSA) is 121 Å². The molecular weight excluding hydrogens is 422 g/mol. The van der Waals surface area contributed by atoms with Crippen molar-refractivity contribution in [2.45, 2.75) is 25.3 Å². The first-order valence-corrected chi connectivity index (χ1v) is 11.6. The van der Waals surface area contributed by atoms with Crippen LogP contribution in [-0.2, 0) is 30.3 Å². The van der Waals surface area contributed by atoms with Gasteiger partial charge in [0.05, 0.1) is 51.4 Å². The highest BCUT2D eigenvalue weighted by Gasteiger charge is 2.13. The Hall–Kier alpha value is -1.85. The van der Waals surface area contributed by atoms with E-state index in [1.807, 2.05) is 30.5 Å². The van der Waals surface area contributed by atoms with Crippen molar-refractivity contribution < 1.29 is 28.5 Å². The molecule has 0 radical (unpaired) electrons. The van der Waals surface area contributed by atoms with Crippen LogP contribution in [0.4, 0.5) is 0 Å². The van der Waals surface area contributed by atoms with E-state index in [1.165, 1.54) is 18.7 Å². The van der Waals surface area contributed by atoms with Gasteiger partial charge >= 0.3 is 0 Å². The molecule has 0 aliphatic heterocycles. The molecule has 0 bridgehead atoms. The Morgan fingerprint density at radius 2 is 1.55 bits per heavy atom. The van der Waals surface area contributed by atoms with Crippen molar-refractivity contribution in [3.63, 3.8) is 0 Å². The van der Waals surface area contributed by atoms with Crippen LogP contribution in [0.25, 0.3) is 0 Å². The van der Waals surface area contributed by atoms with Gasteiger partial charge in [0, 0.05) is 20.0 Å². The number of benzene rings is 1. The van der Waals surface area contributed by atoms with Crippen LogP contribution in [0.3, 0.4) is 0 Å². The highest BCUT2D eigenvalue weighted by Crippen LogP contribution is 2.12. The SMILES string of the molecule is CSC(CC(=O)NCc1ccc(OCCOCCOCCOCCN)cc1)NC(C)=O. The van der Waals surface area contributed by atoms with Gasteiger partial charge in [0.1, 0.15) is 12.4 Å². The van der Waals surface area contributed by atoms with Gasteiger partial charge in [0.15, 0.2) is 0 Å². The molecular formula is C21H35N3O6S. The average Bonchev–Trinajstić information content (AvgIpc) is 2.76. The minimum Gasteiger partial charge on any atom is -0.491 e. The molecule has 10 heteroatoms. The van der Waals surface area contributed by atoms with E-state index in [0.717, 1.165) is 11.3 Å². The number of amides is 2. The van der Waals surface area contributed by atoms with Crippen molar-refractivity contribution in [3.8, 4) is 5.75 Å². The van der Waals surface area contributed by atoms with E-state index >= 15 is 0 Å². The van der Waals surface area contributed by atoms with Crippen molar-refractivity contribution in [1.82, 2.24) is 10.6 Å². The molecule has 176 valence electrons. The number of nitrogens with two attached hydrogens (primary N) is 1. The van der Waals surface area contributed by atoms with Gasteiger partial charge in [0.25, 0.3) is 0 Å². The third-order valence-electron chi connectivity index (χ3n) is 3.94. The summed E-state index contributed by atoms with van der Waals surface area (Å²) in [6.07, 6.45) is 2.09. The second kappa shape index (κ2) is 17.8. The van der Waals surface area contributed by atoms with Crippen LogP contribution in [-0.4, -0.2) is 76.2 Å². The van der Waals surface area contributed by atoms with Crippen LogP contribution in [0.2, 0.25) is 0 Å². The van der Waals surface area contributed by atoms with Crippen LogP contribution >= 0.6 is 11.8 Å². The Morgan fingerprint density at radius 1 is 0.968 bits per heavy atom. The zero-order valence-electron chi connectivity index (χ0n) is 18.4. The summed E-state index contributed by atoms with van der Waals surface area (Å²) in [7, 11) is 0. The zero-order valence-corrected chi connectivity index (χ0v) is 19.2. The zero-order chi connectivity index (χ0) is 22.7. The molecule has 2 amide bonds. The number of carbonyl (C=O) groups is 2. The van der Waals surface area contributed by atoms with Crippen molar-refractivity contribution >= 4 is 23.6 Å². The highest BCUT2D eigenvalue weighted by atomic mass is 32.2. The fourth-order valence-corrected chi connectivity index (χ4v) is 3.01. The summed E-state index contributed by atoms with van der Waals surface area (Å²) in [5.74, 6) is 0.475. The Balaban J connectivity index is 2.10. The molecule has 0 aliphatic rings. The predicted octanol–water partition coefficient (Wildman–Crippen LogP) is 0.905. The number of hydrogen-bond acceptors (Lipinski definition) is 8. The molecule has 1 atom stereocenters. The highest BCUT2D eigenvalue weighted by molar-refractivity contribution is 7.99. The number of thioether (sulfide) groups is 1. The van der Waals surface area contributed by atoms with E-state index < -0.39 is 0 Å². The molecule has 9 nitrogen and oxygen atoms in total. The lowest BCUT2D eigenvalue weighted by molar-refractivity contribution is -0.122. The fraction of sp³-hybridized carbons (Fsp3) is 0.619. The number of nitrogens with one attached hydrogen (secondary N) is 2. The normalized spacial score (nSPS) is 11.7. The lowest BCUT2D eigenvalue weighted by Gasteiger charge is -2.15. The lowest BCUT2D eigenvalue weighted by atomic mass is 10.2. The van der Waals surface area contributed by atoms with E-state index in [0.29, 0.717) is 59.3 Å². The Morgan fingerprint density at radius 3 is 2.10 bits per heavy atom. The first kappa shape index (κ1) is 27.2. The van der Waals surface area contributed by atoms with Gasteiger partial charge in [-0.25, -0.2) is 0 Å². The molecule has 0 heterocycles. The summed E-state index contributed by atoms with van der Waals surface area (Å²) in [4.78, 5) is 23.1. The minimum absolute atomic E-state index is 0.113. The van der Waals surface area contributed by atoms with Crippen LogP contribution < -0.4 is 21.1 Å². The number of rotatable bonds is 18. The predicted molar refractivity (Wildman–Crippen MR) is 121 cm³/mol. The molecule has 0 saturated carbocycles. The van der Waals surface area contributed by atoms with Crippen LogP contribution in [0, 0.1) is 0 Å². The van der Waals surface area contributed by atoms with Gasteiger partial charge in [-0.2, -0.15) is 0 Å². The van der Waals surface area contributed by atoms with Crippen LogP contribution in [0.15, 0.2) is 24.3 Å². The quantitative estimate of drug-likeness (QED) is 0.220. The van der Waals surface area contributed by atoms with E-state index in [2.05, 4.69) is 10.6 Å². The van der Waals surface area contributed by atoms with Crippen LogP contribution in [0.5, 0.6) is 5.75 Å². The summed E-state index contributed by atoms with van der Waals surface area (Å²) in [6.45, 7) is 5.90. The van der Waals surface area contributed by atoms with Gasteiger partial charge in [-0.15, -0.1) is 11.8 Å². The maximum absolute atomic E-state index is 12.0. The smallest absolute Gasteiger partial charge is 0.223 e. The van der Waals surface area contributed by atoms with Crippen molar-refractivity contribution in [3.05, 3.63) is 29.8 Å². The third kappa shape index (κ3) is 14.7. The standard InChI is InChI=1S/C21H35N3O6S/c1-17(25)24-21(31-2)15-20(26)23-16-18-3-5-19(6-4-18)30-14-13-29-12-11-28-10-9-27-8-7-22/h3-6,21H,7-16,22H2,1-2H3,(H,23,26)(H,24,25). The van der Waals surface area contributed by atoms with Gasteiger partial charge in [0.2, 0.25) is 11.8 Å². The van der Waals surface area contributed by atoms with E-state index in [4.69, 9.17) is 24.7 Å². The molecule has 0 fully saturated rings. The first-order chi connectivity index (χ1) is 15.0. The Bertz CT molecular complexity index is 618. The summed E-state index contributed by atoms with van der Waals surface area (Å²) in [5.41, 5.74) is 6.28. The lowest BCUT2D eigenvalue weighted by Crippen LogP contribution is -2.35. The molecule has 1 unspecified atom stereocenters. The second-order valence-electron chi connectivity index (χ2n) is 6.52. The maximum Gasteiger partial charge on any atom is 0.223 e. The first-order valence-electron chi connectivity index (χ1n) is 10.3. The van der Waals surface area contributed by atoms with Crippen molar-refractivity contribution in [2.24, 2.45) is 5.73 Å². The van der Waals surface area contributed by atoms with Crippen LogP contribution in [0.1, 0.15) is 18.9 Å². The van der Waals surface area contributed by atoms with Crippen molar-refractivity contribution in [1.29, 1.82) is 0 Å². The largest absolute Gasteiger partial charge is 0.491 e. The van der Waals surface area contributed by atoms with E-state index in [-0.39, 0.29) is 23.6 Å². The second-order valence-corrected chi connectivity index (χ2v) is 7.56. The molecule has 0 aliphatic carbocycles. The average molecular weight is 458 g/mol. The number of carbonyl (C=O) groups excluding carboxylic acids is 2. The summed E-state index contributed by atoms with van der Waals surface area (Å²) < 4.78 is 21.6. The summed E-state index contributed by atoms with van der Waals surface area (Å²) >= 11 is 1.43. The molecule has 0 spiro atoms. The minimum atomic E-state index is -0.225. The van der Waals surface area contributed by atoms with E-state index in [9.17, 15) is 9.59 Å². The molecule has 1 aromatic carbocycles. The van der Waals surface area contributed by atoms with Gasteiger partial charge in [-0.1, -0.05) is 12.1 Å². The Kier molecular flexibility index (Phi) is 15.6. The fourth-order valence-electron chi connectivity index (χ4n) is 2.41. The third-order valence-corrected chi connectivity index (χ3v) is 4.79.